The molecule has 1 aliphatic rings. The molecule has 0 spiro atoms. The maximum absolute atomic E-state index is 11.9. The molecular weight excluding hydrogens is 352 g/mol. The van der Waals surface area contributed by atoms with E-state index in [1.807, 2.05) is 0 Å². The van der Waals surface area contributed by atoms with Crippen molar-refractivity contribution in [1.29, 1.82) is 0 Å². The van der Waals surface area contributed by atoms with Crippen molar-refractivity contribution in [1.82, 2.24) is 5.32 Å². The van der Waals surface area contributed by atoms with Crippen molar-refractivity contribution in [2.75, 3.05) is 24.7 Å². The molecule has 0 aliphatic carbocycles. The van der Waals surface area contributed by atoms with E-state index in [4.69, 9.17) is 15.2 Å². The number of nitrogens with two attached hydrogens (primary N) is 1. The zero-order chi connectivity index (χ0) is 18.4. The van der Waals surface area contributed by atoms with Crippen molar-refractivity contribution in [3.05, 3.63) is 29.8 Å². The number of esters is 1. The van der Waals surface area contributed by atoms with Gasteiger partial charge in [-0.3, -0.25) is 9.59 Å². The monoisotopic (exact) mass is 370 g/mol. The number of benzene rings is 1. The highest BCUT2D eigenvalue weighted by molar-refractivity contribution is 7.91. The first-order valence-electron chi connectivity index (χ1n) is 7.43. The van der Waals surface area contributed by atoms with Crippen LogP contribution < -0.4 is 15.8 Å². The molecule has 0 unspecified atom stereocenters. The van der Waals surface area contributed by atoms with Gasteiger partial charge < -0.3 is 20.5 Å². The minimum absolute atomic E-state index is 0.0436. The average Bonchev–Trinajstić information content (AvgIpc) is 2.89. The summed E-state index contributed by atoms with van der Waals surface area (Å²) in [5.41, 5.74) is 5.15. The molecule has 1 atom stereocenters. The van der Waals surface area contributed by atoms with Crippen molar-refractivity contribution in [2.24, 2.45) is 5.73 Å². The Labute approximate surface area is 144 Å². The van der Waals surface area contributed by atoms with E-state index in [1.54, 1.807) is 0 Å². The second kappa shape index (κ2) is 7.97. The Kier molecular flexibility index (Phi) is 5.97. The zero-order valence-corrected chi connectivity index (χ0v) is 14.1. The SMILES string of the molecule is NC(=O)COc1ccc(C(=O)OCC(=O)N[C@@H]2CCS(=O)(=O)C2)cc1. The molecule has 0 saturated carbocycles. The lowest BCUT2D eigenvalue weighted by atomic mass is 10.2. The summed E-state index contributed by atoms with van der Waals surface area (Å²) >= 11 is 0. The Morgan fingerprint density at radius 3 is 2.40 bits per heavy atom. The van der Waals surface area contributed by atoms with Crippen LogP contribution >= 0.6 is 0 Å². The van der Waals surface area contributed by atoms with Gasteiger partial charge in [-0.15, -0.1) is 0 Å². The number of hydrogen-bond acceptors (Lipinski definition) is 7. The predicted octanol–water partition coefficient (Wildman–Crippen LogP) is -0.989. The number of carbonyl (C=O) groups is 3. The van der Waals surface area contributed by atoms with Crippen molar-refractivity contribution >= 4 is 27.6 Å². The summed E-state index contributed by atoms with van der Waals surface area (Å²) in [5, 5.41) is 2.52. The molecule has 1 saturated heterocycles. The van der Waals surface area contributed by atoms with Gasteiger partial charge in [0.15, 0.2) is 23.1 Å². The van der Waals surface area contributed by atoms with Gasteiger partial charge >= 0.3 is 5.97 Å². The Bertz CT molecular complexity index is 759. The molecule has 0 radical (unpaired) electrons. The molecule has 1 heterocycles. The highest BCUT2D eigenvalue weighted by atomic mass is 32.2. The first-order chi connectivity index (χ1) is 11.7. The molecule has 0 bridgehead atoms. The molecular formula is C15H18N2O7S. The summed E-state index contributed by atoms with van der Waals surface area (Å²) in [4.78, 5) is 34.2. The van der Waals surface area contributed by atoms with Crippen LogP contribution in [-0.2, 0) is 24.2 Å². The molecule has 1 aliphatic heterocycles. The minimum Gasteiger partial charge on any atom is -0.484 e. The number of ether oxygens (including phenoxy) is 2. The molecule has 10 heteroatoms. The standard InChI is InChI=1S/C15H18N2O7S/c16-13(18)7-23-12-3-1-10(2-4-12)15(20)24-8-14(19)17-11-5-6-25(21,22)9-11/h1-4,11H,5-9H2,(H2,16,18)(H,17,19)/t11-/m1/s1. The van der Waals surface area contributed by atoms with Crippen LogP contribution in [0.5, 0.6) is 5.75 Å². The van der Waals surface area contributed by atoms with Crippen LogP contribution in [-0.4, -0.2) is 57.0 Å². The van der Waals surface area contributed by atoms with Crippen LogP contribution in [0.1, 0.15) is 16.8 Å². The summed E-state index contributed by atoms with van der Waals surface area (Å²) in [6, 6.07) is 5.31. The van der Waals surface area contributed by atoms with Gasteiger partial charge in [0.25, 0.3) is 11.8 Å². The maximum Gasteiger partial charge on any atom is 0.338 e. The lowest BCUT2D eigenvalue weighted by molar-refractivity contribution is -0.124. The molecule has 136 valence electrons. The van der Waals surface area contributed by atoms with E-state index in [0.717, 1.165) is 0 Å². The third-order valence-corrected chi connectivity index (χ3v) is 5.17. The van der Waals surface area contributed by atoms with Gasteiger partial charge in [0.05, 0.1) is 17.1 Å². The van der Waals surface area contributed by atoms with E-state index in [9.17, 15) is 22.8 Å². The third-order valence-electron chi connectivity index (χ3n) is 3.40. The number of nitrogens with one attached hydrogen (secondary N) is 1. The van der Waals surface area contributed by atoms with Crippen molar-refractivity contribution in [3.63, 3.8) is 0 Å². The van der Waals surface area contributed by atoms with Gasteiger partial charge in [-0.1, -0.05) is 0 Å². The van der Waals surface area contributed by atoms with Gasteiger partial charge in [-0.05, 0) is 30.7 Å². The van der Waals surface area contributed by atoms with E-state index in [-0.39, 0.29) is 23.7 Å². The second-order valence-electron chi connectivity index (χ2n) is 5.52. The van der Waals surface area contributed by atoms with Crippen LogP contribution in [0.25, 0.3) is 0 Å². The van der Waals surface area contributed by atoms with Gasteiger partial charge in [-0.2, -0.15) is 0 Å². The number of carbonyl (C=O) groups excluding carboxylic acids is 3. The fraction of sp³-hybridized carbons (Fsp3) is 0.400. The molecule has 3 N–H and O–H groups in total. The summed E-state index contributed by atoms with van der Waals surface area (Å²) in [5.74, 6) is -1.59. The average molecular weight is 370 g/mol. The predicted molar refractivity (Wildman–Crippen MR) is 86.6 cm³/mol. The highest BCUT2D eigenvalue weighted by Gasteiger charge is 2.29. The quantitative estimate of drug-likeness (QED) is 0.587. The largest absolute Gasteiger partial charge is 0.484 e. The minimum atomic E-state index is -3.09. The molecule has 0 aromatic heterocycles. The van der Waals surface area contributed by atoms with Crippen LogP contribution in [0, 0.1) is 0 Å². The lowest BCUT2D eigenvalue weighted by Crippen LogP contribution is -2.38. The van der Waals surface area contributed by atoms with Crippen molar-refractivity contribution in [2.45, 2.75) is 12.5 Å². The number of primary amides is 1. The van der Waals surface area contributed by atoms with Crippen molar-refractivity contribution in [3.8, 4) is 5.75 Å². The molecule has 25 heavy (non-hydrogen) atoms. The van der Waals surface area contributed by atoms with Crippen molar-refractivity contribution < 1.29 is 32.3 Å². The topological polar surface area (TPSA) is 142 Å². The molecule has 9 nitrogen and oxygen atoms in total. The van der Waals surface area contributed by atoms with Gasteiger partial charge in [0.1, 0.15) is 5.75 Å². The lowest BCUT2D eigenvalue weighted by Gasteiger charge is -2.11. The molecule has 1 aromatic carbocycles. The van der Waals surface area contributed by atoms with E-state index >= 15 is 0 Å². The van der Waals surface area contributed by atoms with Gasteiger partial charge in [0.2, 0.25) is 0 Å². The number of sulfone groups is 1. The zero-order valence-electron chi connectivity index (χ0n) is 13.3. The third kappa shape index (κ3) is 6.07. The van der Waals surface area contributed by atoms with E-state index in [2.05, 4.69) is 5.32 Å². The smallest absolute Gasteiger partial charge is 0.338 e. The molecule has 1 aromatic rings. The Morgan fingerprint density at radius 2 is 1.84 bits per heavy atom. The summed E-state index contributed by atoms with van der Waals surface area (Å²) in [7, 11) is -3.09. The summed E-state index contributed by atoms with van der Waals surface area (Å²) in [6.07, 6.45) is 0.356. The van der Waals surface area contributed by atoms with Crippen LogP contribution in [0.15, 0.2) is 24.3 Å². The van der Waals surface area contributed by atoms with Crippen LogP contribution in [0.4, 0.5) is 0 Å². The Hall–Kier alpha value is -2.62. The van der Waals surface area contributed by atoms with E-state index < -0.39 is 40.3 Å². The second-order valence-corrected chi connectivity index (χ2v) is 7.75. The highest BCUT2D eigenvalue weighted by Crippen LogP contribution is 2.13. The van der Waals surface area contributed by atoms with Gasteiger partial charge in [-0.25, -0.2) is 13.2 Å². The van der Waals surface area contributed by atoms with Crippen LogP contribution in [0.3, 0.4) is 0 Å². The molecule has 1 fully saturated rings. The maximum atomic E-state index is 11.9. The van der Waals surface area contributed by atoms with Gasteiger partial charge in [0, 0.05) is 6.04 Å². The number of hydrogen-bond donors (Lipinski definition) is 2. The first kappa shape index (κ1) is 18.7. The summed E-state index contributed by atoms with van der Waals surface area (Å²) in [6.45, 7) is -0.782. The van der Waals surface area contributed by atoms with E-state index in [1.165, 1.54) is 24.3 Å². The summed E-state index contributed by atoms with van der Waals surface area (Å²) < 4.78 is 32.6. The van der Waals surface area contributed by atoms with E-state index in [0.29, 0.717) is 12.2 Å². The molecule has 2 amide bonds. The van der Waals surface area contributed by atoms with Crippen LogP contribution in [0.2, 0.25) is 0 Å². The fourth-order valence-electron chi connectivity index (χ4n) is 2.23. The number of rotatable bonds is 7. The normalized spacial score (nSPS) is 18.3. The number of amides is 2. The Morgan fingerprint density at radius 1 is 1.16 bits per heavy atom. The Balaban J connectivity index is 1.77. The fourth-order valence-corrected chi connectivity index (χ4v) is 3.91. The molecule has 2 rings (SSSR count). The first-order valence-corrected chi connectivity index (χ1v) is 9.25.